The number of carbonyl (C=O) groups excluding carboxylic acids is 1. The molecule has 0 aliphatic heterocycles. The normalized spacial score (nSPS) is 12.5. The topological polar surface area (TPSA) is 39.2 Å². The van der Waals surface area contributed by atoms with Gasteiger partial charge in [-0.05, 0) is 32.4 Å². The number of aryl methyl sites for hydroxylation is 2. The van der Waals surface area contributed by atoms with E-state index in [1.165, 1.54) is 0 Å². The van der Waals surface area contributed by atoms with E-state index >= 15 is 0 Å². The number of ketones is 1. The fourth-order valence-electron chi connectivity index (χ4n) is 1.64. The number of Topliss-reactive ketones (excluding diaryl/α,β-unsaturated/α-hetero) is 1. The van der Waals surface area contributed by atoms with Gasteiger partial charge < -0.3 is 4.74 Å². The Hall–Kier alpha value is -1.22. The van der Waals surface area contributed by atoms with Crippen LogP contribution in [0.25, 0.3) is 0 Å². The first kappa shape index (κ1) is 12.8. The van der Waals surface area contributed by atoms with Gasteiger partial charge in [0.25, 0.3) is 0 Å². The molecule has 0 bridgehead atoms. The molecular formula is C13H19NO2. The summed E-state index contributed by atoms with van der Waals surface area (Å²) in [5.74, 6) is 0.144. The lowest BCUT2D eigenvalue weighted by molar-refractivity contribution is 0.0892. The fourth-order valence-corrected chi connectivity index (χ4v) is 1.64. The number of hydrogen-bond donors (Lipinski definition) is 0. The van der Waals surface area contributed by atoms with Crippen LogP contribution in [0.3, 0.4) is 0 Å². The molecule has 1 heterocycles. The molecule has 1 aromatic heterocycles. The van der Waals surface area contributed by atoms with Crippen LogP contribution in [0.5, 0.6) is 0 Å². The molecule has 0 spiro atoms. The van der Waals surface area contributed by atoms with Gasteiger partial charge in [0.2, 0.25) is 0 Å². The monoisotopic (exact) mass is 221 g/mol. The minimum atomic E-state index is -0.0110. The molecule has 3 nitrogen and oxygen atoms in total. The zero-order chi connectivity index (χ0) is 12.1. The van der Waals surface area contributed by atoms with E-state index in [9.17, 15) is 4.79 Å². The fraction of sp³-hybridized carbons (Fsp3) is 0.538. The van der Waals surface area contributed by atoms with Crippen LogP contribution in [-0.2, 0) is 4.74 Å². The van der Waals surface area contributed by atoms with Crippen molar-refractivity contribution in [1.29, 1.82) is 0 Å². The number of ether oxygens (including phenoxy) is 1. The van der Waals surface area contributed by atoms with Gasteiger partial charge in [0.15, 0.2) is 5.78 Å². The van der Waals surface area contributed by atoms with E-state index in [4.69, 9.17) is 4.74 Å². The standard InChI is InChI=1S/C13H19NO2/c1-9(7-8-16-4)13(15)12-6-5-10(2)14-11(12)3/h5-6,9H,7-8H2,1-4H3. The van der Waals surface area contributed by atoms with Gasteiger partial charge in [0.1, 0.15) is 0 Å². The molecule has 1 rings (SSSR count). The summed E-state index contributed by atoms with van der Waals surface area (Å²) in [5, 5.41) is 0. The maximum absolute atomic E-state index is 12.1. The third kappa shape index (κ3) is 3.14. The van der Waals surface area contributed by atoms with Crippen molar-refractivity contribution in [1.82, 2.24) is 4.98 Å². The van der Waals surface area contributed by atoms with E-state index in [2.05, 4.69) is 4.98 Å². The third-order valence-electron chi connectivity index (χ3n) is 2.69. The molecule has 0 aliphatic carbocycles. The Balaban J connectivity index is 2.79. The summed E-state index contributed by atoms with van der Waals surface area (Å²) in [7, 11) is 1.65. The summed E-state index contributed by atoms with van der Waals surface area (Å²) in [6.07, 6.45) is 0.753. The predicted octanol–water partition coefficient (Wildman–Crippen LogP) is 2.55. The number of rotatable bonds is 5. The van der Waals surface area contributed by atoms with E-state index < -0.39 is 0 Å². The first-order chi connectivity index (χ1) is 7.56. The SMILES string of the molecule is COCCC(C)C(=O)c1ccc(C)nc1C. The van der Waals surface area contributed by atoms with Crippen LogP contribution in [0.2, 0.25) is 0 Å². The molecule has 0 aromatic carbocycles. The summed E-state index contributed by atoms with van der Waals surface area (Å²) in [5.41, 5.74) is 2.49. The Kier molecular flexibility index (Phi) is 4.62. The molecule has 1 atom stereocenters. The molecule has 0 radical (unpaired) electrons. The highest BCUT2D eigenvalue weighted by Crippen LogP contribution is 2.15. The average Bonchev–Trinajstić information content (AvgIpc) is 2.25. The molecular weight excluding hydrogens is 202 g/mol. The first-order valence-corrected chi connectivity index (χ1v) is 5.53. The van der Waals surface area contributed by atoms with Crippen molar-refractivity contribution in [3.8, 4) is 0 Å². The molecule has 0 amide bonds. The van der Waals surface area contributed by atoms with Crippen LogP contribution in [0.15, 0.2) is 12.1 Å². The van der Waals surface area contributed by atoms with Gasteiger partial charge in [0, 0.05) is 36.6 Å². The Bertz CT molecular complexity index is 374. The van der Waals surface area contributed by atoms with E-state index in [-0.39, 0.29) is 11.7 Å². The minimum absolute atomic E-state index is 0.0110. The highest BCUT2D eigenvalue weighted by Gasteiger charge is 2.17. The largest absolute Gasteiger partial charge is 0.385 e. The number of carbonyl (C=O) groups is 1. The van der Waals surface area contributed by atoms with Gasteiger partial charge in [-0.1, -0.05) is 6.92 Å². The molecule has 3 heteroatoms. The maximum Gasteiger partial charge on any atom is 0.167 e. The lowest BCUT2D eigenvalue weighted by atomic mass is 9.96. The summed E-state index contributed by atoms with van der Waals surface area (Å²) in [6.45, 7) is 6.35. The highest BCUT2D eigenvalue weighted by atomic mass is 16.5. The van der Waals surface area contributed by atoms with Gasteiger partial charge in [0.05, 0.1) is 0 Å². The summed E-state index contributed by atoms with van der Waals surface area (Å²) >= 11 is 0. The second-order valence-corrected chi connectivity index (χ2v) is 4.13. The van der Waals surface area contributed by atoms with E-state index in [1.807, 2.05) is 32.9 Å². The molecule has 88 valence electrons. The van der Waals surface area contributed by atoms with Crippen molar-refractivity contribution < 1.29 is 9.53 Å². The predicted molar refractivity (Wildman–Crippen MR) is 63.7 cm³/mol. The lowest BCUT2D eigenvalue weighted by Gasteiger charge is -2.11. The summed E-state index contributed by atoms with van der Waals surface area (Å²) in [6, 6.07) is 3.74. The van der Waals surface area contributed by atoms with E-state index in [0.29, 0.717) is 6.61 Å². The Labute approximate surface area is 96.8 Å². The van der Waals surface area contributed by atoms with Crippen molar-refractivity contribution in [2.45, 2.75) is 27.2 Å². The van der Waals surface area contributed by atoms with Crippen molar-refractivity contribution in [2.24, 2.45) is 5.92 Å². The second kappa shape index (κ2) is 5.75. The van der Waals surface area contributed by atoms with Crippen LogP contribution >= 0.6 is 0 Å². The number of aromatic nitrogens is 1. The third-order valence-corrected chi connectivity index (χ3v) is 2.69. The van der Waals surface area contributed by atoms with Crippen molar-refractivity contribution in [3.05, 3.63) is 29.1 Å². The number of pyridine rings is 1. The minimum Gasteiger partial charge on any atom is -0.385 e. The van der Waals surface area contributed by atoms with Gasteiger partial charge in [-0.25, -0.2) is 0 Å². The molecule has 0 fully saturated rings. The number of methoxy groups -OCH3 is 1. The zero-order valence-corrected chi connectivity index (χ0v) is 10.4. The van der Waals surface area contributed by atoms with Gasteiger partial charge in [-0.3, -0.25) is 9.78 Å². The van der Waals surface area contributed by atoms with Gasteiger partial charge in [-0.2, -0.15) is 0 Å². The van der Waals surface area contributed by atoms with Gasteiger partial charge >= 0.3 is 0 Å². The van der Waals surface area contributed by atoms with Crippen LogP contribution in [0.4, 0.5) is 0 Å². The molecule has 0 saturated carbocycles. The first-order valence-electron chi connectivity index (χ1n) is 5.53. The molecule has 0 saturated heterocycles. The number of hydrogen-bond acceptors (Lipinski definition) is 3. The molecule has 0 N–H and O–H groups in total. The van der Waals surface area contributed by atoms with Crippen LogP contribution in [0.1, 0.15) is 35.1 Å². The zero-order valence-electron chi connectivity index (χ0n) is 10.4. The average molecular weight is 221 g/mol. The Morgan fingerprint density at radius 2 is 2.12 bits per heavy atom. The Morgan fingerprint density at radius 1 is 1.44 bits per heavy atom. The molecule has 16 heavy (non-hydrogen) atoms. The molecule has 0 aliphatic rings. The van der Waals surface area contributed by atoms with E-state index in [1.54, 1.807) is 7.11 Å². The van der Waals surface area contributed by atoms with Crippen molar-refractivity contribution in [2.75, 3.05) is 13.7 Å². The molecule has 1 aromatic rings. The lowest BCUT2D eigenvalue weighted by Crippen LogP contribution is -2.15. The number of nitrogens with zero attached hydrogens (tertiary/aromatic N) is 1. The summed E-state index contributed by atoms with van der Waals surface area (Å²) in [4.78, 5) is 16.4. The van der Waals surface area contributed by atoms with Crippen molar-refractivity contribution in [3.63, 3.8) is 0 Å². The maximum atomic E-state index is 12.1. The van der Waals surface area contributed by atoms with Crippen LogP contribution in [-0.4, -0.2) is 24.5 Å². The Morgan fingerprint density at radius 3 is 2.69 bits per heavy atom. The second-order valence-electron chi connectivity index (χ2n) is 4.13. The van der Waals surface area contributed by atoms with E-state index in [0.717, 1.165) is 23.4 Å². The highest BCUT2D eigenvalue weighted by molar-refractivity contribution is 5.98. The smallest absolute Gasteiger partial charge is 0.167 e. The van der Waals surface area contributed by atoms with Crippen LogP contribution in [0, 0.1) is 19.8 Å². The van der Waals surface area contributed by atoms with Gasteiger partial charge in [-0.15, -0.1) is 0 Å². The summed E-state index contributed by atoms with van der Waals surface area (Å²) < 4.78 is 4.98. The van der Waals surface area contributed by atoms with Crippen molar-refractivity contribution >= 4 is 5.78 Å². The van der Waals surface area contributed by atoms with Crippen LogP contribution < -0.4 is 0 Å². The quantitative estimate of drug-likeness (QED) is 0.717. The molecule has 1 unspecified atom stereocenters.